The van der Waals surface area contributed by atoms with E-state index in [0.717, 1.165) is 5.56 Å². The molecule has 12 heteroatoms. The van der Waals surface area contributed by atoms with Gasteiger partial charge in [-0.05, 0) is 31.0 Å². The summed E-state index contributed by atoms with van der Waals surface area (Å²) in [5, 5.41) is 25.8. The third-order valence-electron chi connectivity index (χ3n) is 4.74. The average Bonchev–Trinajstić information content (AvgIpc) is 2.76. The van der Waals surface area contributed by atoms with Crippen LogP contribution in [0.25, 0.3) is 0 Å². The molecule has 9 nitrogen and oxygen atoms in total. The number of nitrogens with one attached hydrogen (secondary N) is 2. The largest absolute Gasteiger partial charge is 0.475 e. The van der Waals surface area contributed by atoms with Gasteiger partial charge in [-0.1, -0.05) is 44.2 Å². The van der Waals surface area contributed by atoms with Crippen molar-refractivity contribution in [2.75, 3.05) is 5.38 Å². The highest BCUT2D eigenvalue weighted by molar-refractivity contribution is 8.00. The SMILES string of the molecule is CC(C)C[C@H](NC(=O)[C@H](Cc1ccccc1)NC(=O)c1cncc(SC[Si](C)(C)O)n1)B(O)O. The molecule has 0 bridgehead atoms. The van der Waals surface area contributed by atoms with Crippen molar-refractivity contribution in [1.82, 2.24) is 20.6 Å². The molecule has 5 N–H and O–H groups in total. The Morgan fingerprint density at radius 2 is 1.79 bits per heavy atom. The van der Waals surface area contributed by atoms with Crippen molar-refractivity contribution in [2.45, 2.75) is 56.8 Å². The zero-order valence-electron chi connectivity index (χ0n) is 19.9. The Balaban J connectivity index is 2.19. The quantitative estimate of drug-likeness (QED) is 0.214. The van der Waals surface area contributed by atoms with Crippen LogP contribution in [0.4, 0.5) is 0 Å². The summed E-state index contributed by atoms with van der Waals surface area (Å²) in [6.07, 6.45) is 3.41. The highest BCUT2D eigenvalue weighted by atomic mass is 32.2. The lowest BCUT2D eigenvalue weighted by atomic mass is 9.75. The Morgan fingerprint density at radius 3 is 2.38 bits per heavy atom. The number of carbonyl (C=O) groups is 2. The van der Waals surface area contributed by atoms with E-state index in [-0.39, 0.29) is 18.0 Å². The minimum absolute atomic E-state index is 0.0502. The van der Waals surface area contributed by atoms with E-state index in [0.29, 0.717) is 16.8 Å². The maximum absolute atomic E-state index is 13.1. The number of rotatable bonds is 12. The fourth-order valence-electron chi connectivity index (χ4n) is 3.12. The van der Waals surface area contributed by atoms with Gasteiger partial charge in [0.1, 0.15) is 16.8 Å². The topological polar surface area (TPSA) is 145 Å². The first-order chi connectivity index (χ1) is 15.9. The van der Waals surface area contributed by atoms with Crippen molar-refractivity contribution < 1.29 is 24.4 Å². The fraction of sp³-hybridized carbons (Fsp3) is 0.455. The van der Waals surface area contributed by atoms with Crippen molar-refractivity contribution in [1.29, 1.82) is 0 Å². The molecule has 2 amide bonds. The Morgan fingerprint density at radius 1 is 1.12 bits per heavy atom. The summed E-state index contributed by atoms with van der Waals surface area (Å²) in [6, 6.07) is 8.25. The Kier molecular flexibility index (Phi) is 10.7. The molecule has 1 aromatic heterocycles. The third kappa shape index (κ3) is 9.94. The highest BCUT2D eigenvalue weighted by Crippen LogP contribution is 2.18. The van der Waals surface area contributed by atoms with E-state index < -0.39 is 39.2 Å². The summed E-state index contributed by atoms with van der Waals surface area (Å²) in [5.74, 6) is -1.84. The summed E-state index contributed by atoms with van der Waals surface area (Å²) in [4.78, 5) is 44.5. The molecule has 1 aromatic carbocycles. The lowest BCUT2D eigenvalue weighted by Gasteiger charge is -2.24. The zero-order chi connectivity index (χ0) is 25.3. The Hall–Kier alpha value is -2.25. The van der Waals surface area contributed by atoms with E-state index in [9.17, 15) is 24.4 Å². The monoisotopic (exact) mass is 504 g/mol. The smallest absolute Gasteiger partial charge is 0.431 e. The van der Waals surface area contributed by atoms with Crippen LogP contribution in [0.1, 0.15) is 36.3 Å². The summed E-state index contributed by atoms with van der Waals surface area (Å²) in [5.41, 5.74) is 0.882. The van der Waals surface area contributed by atoms with E-state index >= 15 is 0 Å². The van der Waals surface area contributed by atoms with E-state index in [1.807, 2.05) is 57.3 Å². The van der Waals surface area contributed by atoms with E-state index in [4.69, 9.17) is 0 Å². The maximum Gasteiger partial charge on any atom is 0.475 e. The van der Waals surface area contributed by atoms with Crippen LogP contribution in [-0.2, 0) is 11.2 Å². The van der Waals surface area contributed by atoms with Gasteiger partial charge >= 0.3 is 7.12 Å². The summed E-state index contributed by atoms with van der Waals surface area (Å²) in [6.45, 7) is 7.45. The van der Waals surface area contributed by atoms with Gasteiger partial charge in [0.05, 0.1) is 18.3 Å². The summed E-state index contributed by atoms with van der Waals surface area (Å²) < 4.78 is 0. The van der Waals surface area contributed by atoms with Crippen LogP contribution in [0.5, 0.6) is 0 Å². The van der Waals surface area contributed by atoms with Gasteiger partial charge in [0.2, 0.25) is 5.91 Å². The number of hydrogen-bond donors (Lipinski definition) is 5. The number of aromatic nitrogens is 2. The van der Waals surface area contributed by atoms with Gasteiger partial charge in [-0.2, -0.15) is 0 Å². The van der Waals surface area contributed by atoms with Crippen LogP contribution in [0.3, 0.4) is 0 Å². The first-order valence-corrected chi connectivity index (χ1v) is 15.3. The van der Waals surface area contributed by atoms with Crippen LogP contribution < -0.4 is 10.6 Å². The Labute approximate surface area is 206 Å². The number of amides is 2. The molecule has 2 aromatic rings. The normalized spacial score (nSPS) is 13.3. The van der Waals surface area contributed by atoms with Gasteiger partial charge in [-0.15, -0.1) is 11.8 Å². The molecule has 1 heterocycles. The van der Waals surface area contributed by atoms with Gasteiger partial charge in [0.25, 0.3) is 5.91 Å². The van der Waals surface area contributed by atoms with Gasteiger partial charge in [0.15, 0.2) is 8.32 Å². The van der Waals surface area contributed by atoms with Crippen molar-refractivity contribution >= 4 is 39.0 Å². The standard InChI is InChI=1S/C22H33BN4O5SSi/c1-15(2)10-19(23(30)31)27-21(28)17(11-16-8-6-5-7-9-16)26-22(29)18-12-24-13-20(25-18)33-14-34(3,4)32/h5-9,12-13,15,17,19,30-32H,10-11,14H2,1-4H3,(H,26,29)(H,27,28)/t17-,19-/m0/s1. The predicted molar refractivity (Wildman–Crippen MR) is 135 cm³/mol. The molecule has 0 saturated carbocycles. The lowest BCUT2D eigenvalue weighted by molar-refractivity contribution is -0.123. The minimum Gasteiger partial charge on any atom is -0.431 e. The van der Waals surface area contributed by atoms with Gasteiger partial charge < -0.3 is 25.5 Å². The van der Waals surface area contributed by atoms with Crippen molar-refractivity contribution in [3.8, 4) is 0 Å². The Bertz CT molecular complexity index is 946. The molecular formula is C22H33BN4O5SSi. The van der Waals surface area contributed by atoms with Crippen molar-refractivity contribution in [3.63, 3.8) is 0 Å². The molecule has 0 aliphatic heterocycles. The fourth-order valence-corrected chi connectivity index (χ4v) is 5.42. The number of benzene rings is 1. The molecule has 0 spiro atoms. The van der Waals surface area contributed by atoms with Crippen LogP contribution in [-0.4, -0.2) is 69.4 Å². The van der Waals surface area contributed by atoms with E-state index in [1.54, 1.807) is 0 Å². The molecule has 0 radical (unpaired) electrons. The van der Waals surface area contributed by atoms with Gasteiger partial charge in [-0.3, -0.25) is 14.6 Å². The van der Waals surface area contributed by atoms with Crippen LogP contribution >= 0.6 is 11.8 Å². The molecule has 0 saturated heterocycles. The first kappa shape index (κ1) is 28.0. The summed E-state index contributed by atoms with van der Waals surface area (Å²) >= 11 is 1.33. The maximum atomic E-state index is 13.1. The van der Waals surface area contributed by atoms with Gasteiger partial charge in [-0.25, -0.2) is 4.98 Å². The van der Waals surface area contributed by atoms with Crippen molar-refractivity contribution in [2.24, 2.45) is 5.92 Å². The van der Waals surface area contributed by atoms with Crippen LogP contribution in [0, 0.1) is 5.92 Å². The molecule has 0 aliphatic rings. The summed E-state index contributed by atoms with van der Waals surface area (Å²) in [7, 11) is -4.03. The second-order valence-corrected chi connectivity index (χ2v) is 14.7. The molecular weight excluding hydrogens is 471 g/mol. The molecule has 0 unspecified atom stereocenters. The van der Waals surface area contributed by atoms with Crippen molar-refractivity contribution in [3.05, 3.63) is 54.0 Å². The second-order valence-electron chi connectivity index (χ2n) is 9.22. The number of thioether (sulfide) groups is 1. The predicted octanol–water partition coefficient (Wildman–Crippen LogP) is 1.19. The molecule has 0 fully saturated rings. The van der Waals surface area contributed by atoms with Crippen LogP contribution in [0.15, 0.2) is 47.8 Å². The molecule has 34 heavy (non-hydrogen) atoms. The molecule has 2 atom stereocenters. The first-order valence-electron chi connectivity index (χ1n) is 11.1. The third-order valence-corrected chi connectivity index (χ3v) is 8.63. The van der Waals surface area contributed by atoms with E-state index in [2.05, 4.69) is 20.6 Å². The number of hydrogen-bond acceptors (Lipinski definition) is 8. The minimum atomic E-state index is -2.31. The molecule has 2 rings (SSSR count). The highest BCUT2D eigenvalue weighted by Gasteiger charge is 2.30. The van der Waals surface area contributed by atoms with Gasteiger partial charge in [0, 0.05) is 11.8 Å². The molecule has 0 aliphatic carbocycles. The number of carbonyl (C=O) groups excluding carboxylic acids is 2. The van der Waals surface area contributed by atoms with Crippen LogP contribution in [0.2, 0.25) is 13.1 Å². The average molecular weight is 504 g/mol. The lowest BCUT2D eigenvalue weighted by Crippen LogP contribution is -2.55. The van der Waals surface area contributed by atoms with E-state index in [1.165, 1.54) is 24.2 Å². The number of nitrogens with zero attached hydrogens (tertiary/aromatic N) is 2. The molecule has 184 valence electrons. The second kappa shape index (κ2) is 13.0. The zero-order valence-corrected chi connectivity index (χ0v) is 21.7.